The van der Waals surface area contributed by atoms with Gasteiger partial charge < -0.3 is 9.80 Å². The predicted molar refractivity (Wildman–Crippen MR) is 168 cm³/mol. The Morgan fingerprint density at radius 3 is 1.82 bits per heavy atom. The molecule has 216 valence electrons. The van der Waals surface area contributed by atoms with E-state index < -0.39 is 19.5 Å². The second-order valence-corrected chi connectivity index (χ2v) is 15.6. The zero-order valence-corrected chi connectivity index (χ0v) is 27.5. The molecular weight excluding hydrogens is 630 g/mol. The van der Waals surface area contributed by atoms with Gasteiger partial charge in [-0.05, 0) is 63.8 Å². The normalized spacial score (nSPS) is 13.3. The Morgan fingerprint density at radius 1 is 0.900 bits per heavy atom. The largest absolute Gasteiger partial charge is 0.502 e. The number of nitrogens with zero attached hydrogens (tertiary/aromatic N) is 3. The van der Waals surface area contributed by atoms with Gasteiger partial charge in [0.1, 0.15) is 0 Å². The van der Waals surface area contributed by atoms with E-state index in [0.29, 0.717) is 12.3 Å². The molecule has 1 aliphatic rings. The maximum atomic E-state index is 11.1. The third kappa shape index (κ3) is 8.73. The van der Waals surface area contributed by atoms with Gasteiger partial charge in [0.05, 0.1) is 0 Å². The number of aryl methyl sites for hydroxylation is 6. The van der Waals surface area contributed by atoms with E-state index >= 15 is 0 Å². The third-order valence-corrected chi connectivity index (χ3v) is 8.26. The quantitative estimate of drug-likeness (QED) is 0.116. The molecule has 3 aromatic rings. The fraction of sp³-hybridized carbons (Fsp3) is 0.312. The van der Waals surface area contributed by atoms with Gasteiger partial charge in [-0.2, -0.15) is 6.67 Å². The molecule has 40 heavy (non-hydrogen) atoms. The molecule has 4 rings (SSSR count). The molecule has 0 atom stereocenters. The van der Waals surface area contributed by atoms with Gasteiger partial charge in [-0.1, -0.05) is 35.4 Å². The van der Waals surface area contributed by atoms with Crippen LogP contribution in [0, 0.1) is 48.2 Å². The van der Waals surface area contributed by atoms with E-state index in [1.165, 1.54) is 44.8 Å². The SMILES string of the molecule is CCOC(=O)C=Nc1ccccc1[CH]=[Ru]([Cl])[Cl].Cc1cc(C)c(N2[CH-]N(c3c(C)cc(C)cc3C)CC2)c(C)c1. The molecule has 1 fully saturated rings. The summed E-state index contributed by atoms with van der Waals surface area (Å²) in [5.41, 5.74) is 12.3. The number of carbonyl (C=O) groups excluding carboxylic acids is 1. The molecule has 3 aromatic carbocycles. The van der Waals surface area contributed by atoms with Crippen LogP contribution in [-0.4, -0.2) is 36.5 Å². The maximum absolute atomic E-state index is 11.1. The van der Waals surface area contributed by atoms with E-state index in [2.05, 4.69) is 87.3 Å². The number of benzene rings is 3. The molecular formula is C32H38Cl2N3O2Ru-. The zero-order chi connectivity index (χ0) is 29.4. The summed E-state index contributed by atoms with van der Waals surface area (Å²) in [6, 6.07) is 16.4. The molecule has 0 amide bonds. The number of anilines is 2. The van der Waals surface area contributed by atoms with E-state index in [-0.39, 0.29) is 0 Å². The number of esters is 1. The smallest absolute Gasteiger partial charge is 0.0146 e. The Morgan fingerprint density at radius 2 is 1.38 bits per heavy atom. The van der Waals surface area contributed by atoms with Crippen molar-refractivity contribution >= 4 is 53.2 Å². The molecule has 0 unspecified atom stereocenters. The van der Waals surface area contributed by atoms with E-state index in [9.17, 15) is 4.79 Å². The summed E-state index contributed by atoms with van der Waals surface area (Å²) in [6.45, 7) is 19.6. The molecule has 5 nitrogen and oxygen atoms in total. The zero-order valence-electron chi connectivity index (χ0n) is 24.2. The van der Waals surface area contributed by atoms with Gasteiger partial charge in [-0.15, -0.1) is 0 Å². The average Bonchev–Trinajstić information content (AvgIpc) is 3.31. The van der Waals surface area contributed by atoms with Crippen molar-refractivity contribution in [1.29, 1.82) is 0 Å². The maximum Gasteiger partial charge on any atom is 0.0146 e. The summed E-state index contributed by atoms with van der Waals surface area (Å²) in [4.78, 5) is 20.0. The molecule has 0 radical (unpaired) electrons. The minimum absolute atomic E-state index is 0.331. The summed E-state index contributed by atoms with van der Waals surface area (Å²) in [5, 5.41) is 0. The molecule has 1 aliphatic heterocycles. The van der Waals surface area contributed by atoms with Crippen LogP contribution < -0.4 is 9.80 Å². The van der Waals surface area contributed by atoms with Crippen LogP contribution >= 0.6 is 19.4 Å². The minimum Gasteiger partial charge on any atom is -0.502 e. The van der Waals surface area contributed by atoms with Gasteiger partial charge in [0.15, 0.2) is 0 Å². The van der Waals surface area contributed by atoms with Crippen LogP contribution in [-0.2, 0) is 23.0 Å². The monoisotopic (exact) mass is 668 g/mol. The van der Waals surface area contributed by atoms with Crippen molar-refractivity contribution in [2.75, 3.05) is 29.5 Å². The van der Waals surface area contributed by atoms with Gasteiger partial charge in [0, 0.05) is 24.5 Å². The summed E-state index contributed by atoms with van der Waals surface area (Å²) in [5.74, 6) is -0.465. The number of hydrogen-bond donors (Lipinski definition) is 0. The fourth-order valence-corrected chi connectivity index (χ4v) is 6.98. The Kier molecular flexibility index (Phi) is 11.9. The van der Waals surface area contributed by atoms with Gasteiger partial charge in [0.25, 0.3) is 0 Å². The standard InChI is InChI=1S/C21H27N2.C11H11NO2.2ClH.Ru/c1-14-9-16(3)20(17(4)10-14)22-7-8-23(13-22)21-18(5)11-15(2)12-19(21)6;1-3-14-11(13)8-12-10-7-5-4-6-9(10)2;;;/h9-13H,7-8H2,1-6H3;2,4-8H,3H2,1H3;2*1H;/q-1;;;;+2/p-2. The number of carbonyl (C=O) groups is 1. The number of aliphatic imine (C=N–C) groups is 1. The summed E-state index contributed by atoms with van der Waals surface area (Å²) >= 11 is -1.90. The van der Waals surface area contributed by atoms with Crippen molar-refractivity contribution in [2.45, 2.75) is 48.5 Å². The van der Waals surface area contributed by atoms with Crippen LogP contribution in [0.4, 0.5) is 17.1 Å². The van der Waals surface area contributed by atoms with Crippen molar-refractivity contribution in [1.82, 2.24) is 0 Å². The molecule has 1 heterocycles. The van der Waals surface area contributed by atoms with Crippen LogP contribution in [0.3, 0.4) is 0 Å². The van der Waals surface area contributed by atoms with E-state index in [1.54, 1.807) is 17.6 Å². The van der Waals surface area contributed by atoms with Crippen LogP contribution in [0.1, 0.15) is 45.9 Å². The van der Waals surface area contributed by atoms with Gasteiger partial charge in [-0.3, -0.25) is 0 Å². The molecule has 0 N–H and O–H groups in total. The first kappa shape index (κ1) is 32.0. The van der Waals surface area contributed by atoms with Crippen LogP contribution in [0.5, 0.6) is 0 Å². The van der Waals surface area contributed by atoms with E-state index in [1.807, 2.05) is 18.2 Å². The molecule has 0 aromatic heterocycles. The van der Waals surface area contributed by atoms with Crippen LogP contribution in [0.25, 0.3) is 0 Å². The first-order valence-corrected chi connectivity index (χ1v) is 18.6. The second-order valence-electron chi connectivity index (χ2n) is 9.87. The molecule has 1 saturated heterocycles. The topological polar surface area (TPSA) is 45.1 Å². The third-order valence-electron chi connectivity index (χ3n) is 6.43. The Labute approximate surface area is 252 Å². The van der Waals surface area contributed by atoms with E-state index in [0.717, 1.165) is 24.9 Å². The number of rotatable bonds is 6. The fourth-order valence-electron chi connectivity index (χ4n) is 5.17. The van der Waals surface area contributed by atoms with Crippen LogP contribution in [0.2, 0.25) is 0 Å². The number of halogens is 2. The van der Waals surface area contributed by atoms with Crippen molar-refractivity contribution in [3.8, 4) is 0 Å². The molecule has 8 heteroatoms. The van der Waals surface area contributed by atoms with Crippen molar-refractivity contribution in [3.05, 3.63) is 94.1 Å². The molecule has 0 aliphatic carbocycles. The second kappa shape index (κ2) is 14.9. The predicted octanol–water partition coefficient (Wildman–Crippen LogP) is 8.01. The van der Waals surface area contributed by atoms with Crippen LogP contribution in [0.15, 0.2) is 53.5 Å². The van der Waals surface area contributed by atoms with Crippen molar-refractivity contribution < 1.29 is 23.0 Å². The molecule has 0 bridgehead atoms. The minimum atomic E-state index is -1.90. The number of ether oxygens (including phenoxy) is 1. The van der Waals surface area contributed by atoms with Gasteiger partial charge >= 0.3 is 113 Å². The van der Waals surface area contributed by atoms with E-state index in [4.69, 9.17) is 24.1 Å². The Balaban J connectivity index is 0.000000232. The Bertz CT molecular complexity index is 1310. The average molecular weight is 669 g/mol. The van der Waals surface area contributed by atoms with Gasteiger partial charge in [0.2, 0.25) is 0 Å². The first-order chi connectivity index (χ1) is 19.0. The summed E-state index contributed by atoms with van der Waals surface area (Å²) < 4.78 is 6.53. The van der Waals surface area contributed by atoms with Crippen molar-refractivity contribution in [2.24, 2.45) is 4.99 Å². The Hall–Kier alpha value is -2.53. The molecule has 0 saturated carbocycles. The number of hydrogen-bond acceptors (Lipinski definition) is 5. The molecule has 0 spiro atoms. The summed E-state index contributed by atoms with van der Waals surface area (Å²) in [6.07, 6.45) is 1.15. The van der Waals surface area contributed by atoms with Crippen molar-refractivity contribution in [3.63, 3.8) is 0 Å². The first-order valence-electron chi connectivity index (χ1n) is 13.2. The van der Waals surface area contributed by atoms with Gasteiger partial charge in [-0.25, -0.2) is 0 Å². The summed E-state index contributed by atoms with van der Waals surface area (Å²) in [7, 11) is 11.6. The number of para-hydroxylation sites is 1.